The van der Waals surface area contributed by atoms with Gasteiger partial charge in [0.25, 0.3) is 0 Å². The lowest BCUT2D eigenvalue weighted by atomic mass is 10.4. The molecular formula is C9H12N2O4. The first kappa shape index (κ1) is 11.2. The van der Waals surface area contributed by atoms with E-state index < -0.39 is 18.0 Å². The molecule has 0 aliphatic carbocycles. The van der Waals surface area contributed by atoms with Gasteiger partial charge in [-0.1, -0.05) is 0 Å². The van der Waals surface area contributed by atoms with Crippen LogP contribution in [-0.4, -0.2) is 34.6 Å². The molecule has 6 nitrogen and oxygen atoms in total. The van der Waals surface area contributed by atoms with Crippen LogP contribution < -0.4 is 0 Å². The largest absolute Gasteiger partial charge is 0.463 e. The summed E-state index contributed by atoms with van der Waals surface area (Å²) >= 11 is 0. The Morgan fingerprint density at radius 1 is 1.60 bits per heavy atom. The summed E-state index contributed by atoms with van der Waals surface area (Å²) in [6, 6.07) is 0. The van der Waals surface area contributed by atoms with Gasteiger partial charge in [-0.15, -0.1) is 0 Å². The van der Waals surface area contributed by atoms with Gasteiger partial charge in [0, 0.05) is 12.4 Å². The fourth-order valence-electron chi connectivity index (χ4n) is 0.901. The van der Waals surface area contributed by atoms with Gasteiger partial charge in [0.2, 0.25) is 5.82 Å². The quantitative estimate of drug-likeness (QED) is 0.736. The van der Waals surface area contributed by atoms with E-state index >= 15 is 0 Å². The molecule has 15 heavy (non-hydrogen) atoms. The molecular weight excluding hydrogens is 200 g/mol. The third-order valence-electron chi connectivity index (χ3n) is 1.59. The molecule has 1 heterocycles. The Morgan fingerprint density at radius 2 is 2.33 bits per heavy atom. The summed E-state index contributed by atoms with van der Waals surface area (Å²) in [6.07, 6.45) is 1.99. The lowest BCUT2D eigenvalue weighted by Gasteiger charge is -2.10. The number of aromatic amines is 1. The molecule has 1 aromatic rings. The molecule has 1 unspecified atom stereocenters. The van der Waals surface area contributed by atoms with Crippen molar-refractivity contribution >= 4 is 11.9 Å². The van der Waals surface area contributed by atoms with Gasteiger partial charge in [-0.05, 0) is 13.8 Å². The Balaban J connectivity index is 2.48. The molecule has 1 atom stereocenters. The zero-order chi connectivity index (χ0) is 11.3. The number of carbonyl (C=O) groups is 2. The van der Waals surface area contributed by atoms with Crippen molar-refractivity contribution < 1.29 is 19.1 Å². The molecule has 6 heteroatoms. The number of imidazole rings is 1. The lowest BCUT2D eigenvalue weighted by Crippen LogP contribution is -2.26. The van der Waals surface area contributed by atoms with Crippen LogP contribution in [0.4, 0.5) is 0 Å². The predicted octanol–water partition coefficient (Wildman–Crippen LogP) is 0.518. The highest BCUT2D eigenvalue weighted by molar-refractivity contribution is 5.87. The van der Waals surface area contributed by atoms with E-state index in [0.717, 1.165) is 0 Å². The standard InChI is InChI=1S/C9H12N2O4/c1-3-14-8(12)6(2)15-9(13)7-10-4-5-11-7/h4-6H,3H2,1-2H3,(H,10,11). The van der Waals surface area contributed by atoms with Gasteiger partial charge in [0.05, 0.1) is 6.61 Å². The van der Waals surface area contributed by atoms with Crippen molar-refractivity contribution in [3.63, 3.8) is 0 Å². The number of nitrogens with one attached hydrogen (secondary N) is 1. The molecule has 82 valence electrons. The van der Waals surface area contributed by atoms with E-state index in [2.05, 4.69) is 14.7 Å². The second-order valence-electron chi connectivity index (χ2n) is 2.74. The van der Waals surface area contributed by atoms with E-state index in [1.165, 1.54) is 19.3 Å². The van der Waals surface area contributed by atoms with Crippen LogP contribution >= 0.6 is 0 Å². The van der Waals surface area contributed by atoms with Crippen molar-refractivity contribution in [1.82, 2.24) is 9.97 Å². The van der Waals surface area contributed by atoms with E-state index in [9.17, 15) is 9.59 Å². The third kappa shape index (κ3) is 3.08. The number of ether oxygens (including phenoxy) is 2. The van der Waals surface area contributed by atoms with E-state index in [-0.39, 0.29) is 12.4 Å². The van der Waals surface area contributed by atoms with Crippen LogP contribution in [0.15, 0.2) is 12.4 Å². The molecule has 0 saturated carbocycles. The molecule has 0 spiro atoms. The van der Waals surface area contributed by atoms with Gasteiger partial charge in [0.1, 0.15) is 0 Å². The van der Waals surface area contributed by atoms with Crippen LogP contribution in [0, 0.1) is 0 Å². The van der Waals surface area contributed by atoms with E-state index in [4.69, 9.17) is 4.74 Å². The minimum atomic E-state index is -0.928. The Morgan fingerprint density at radius 3 is 2.87 bits per heavy atom. The van der Waals surface area contributed by atoms with Crippen LogP contribution in [0.25, 0.3) is 0 Å². The average molecular weight is 212 g/mol. The Labute approximate surface area is 86.6 Å². The molecule has 0 aromatic carbocycles. The number of hydrogen-bond acceptors (Lipinski definition) is 5. The number of rotatable bonds is 4. The van der Waals surface area contributed by atoms with Crippen LogP contribution in [0.1, 0.15) is 24.5 Å². The van der Waals surface area contributed by atoms with Crippen LogP contribution in [0.2, 0.25) is 0 Å². The Hall–Kier alpha value is -1.85. The van der Waals surface area contributed by atoms with Gasteiger partial charge in [-0.2, -0.15) is 0 Å². The molecule has 1 N–H and O–H groups in total. The molecule has 0 aliphatic rings. The number of nitrogens with zero attached hydrogens (tertiary/aromatic N) is 1. The number of hydrogen-bond donors (Lipinski definition) is 1. The van der Waals surface area contributed by atoms with E-state index in [1.807, 2.05) is 0 Å². The summed E-state index contributed by atoms with van der Waals surface area (Å²) in [5, 5.41) is 0. The summed E-state index contributed by atoms with van der Waals surface area (Å²) in [6.45, 7) is 3.37. The predicted molar refractivity (Wildman–Crippen MR) is 50.1 cm³/mol. The second-order valence-corrected chi connectivity index (χ2v) is 2.74. The Bertz CT molecular complexity index is 334. The minimum Gasteiger partial charge on any atom is -0.463 e. The van der Waals surface area contributed by atoms with E-state index in [0.29, 0.717) is 0 Å². The average Bonchev–Trinajstić information content (AvgIpc) is 2.70. The molecule has 0 fully saturated rings. The zero-order valence-electron chi connectivity index (χ0n) is 8.52. The number of H-pyrrole nitrogens is 1. The smallest absolute Gasteiger partial charge is 0.375 e. The van der Waals surface area contributed by atoms with Crippen LogP contribution in [0.5, 0.6) is 0 Å². The minimum absolute atomic E-state index is 0.0612. The van der Waals surface area contributed by atoms with Gasteiger partial charge < -0.3 is 14.5 Å². The molecule has 1 aromatic heterocycles. The molecule has 0 saturated heterocycles. The maximum absolute atomic E-state index is 11.3. The fourth-order valence-corrected chi connectivity index (χ4v) is 0.901. The topological polar surface area (TPSA) is 81.3 Å². The van der Waals surface area contributed by atoms with Crippen molar-refractivity contribution in [3.8, 4) is 0 Å². The zero-order valence-corrected chi connectivity index (χ0v) is 8.52. The van der Waals surface area contributed by atoms with Gasteiger partial charge >= 0.3 is 11.9 Å². The monoisotopic (exact) mass is 212 g/mol. The first-order valence-electron chi connectivity index (χ1n) is 4.52. The highest BCUT2D eigenvalue weighted by atomic mass is 16.6. The number of esters is 2. The normalized spacial score (nSPS) is 11.9. The second kappa shape index (κ2) is 5.14. The molecule has 0 radical (unpaired) electrons. The first-order valence-corrected chi connectivity index (χ1v) is 4.52. The maximum Gasteiger partial charge on any atom is 0.375 e. The fraction of sp³-hybridized carbons (Fsp3) is 0.444. The summed E-state index contributed by atoms with van der Waals surface area (Å²) < 4.78 is 9.48. The summed E-state index contributed by atoms with van der Waals surface area (Å²) in [4.78, 5) is 28.7. The highest BCUT2D eigenvalue weighted by Gasteiger charge is 2.20. The van der Waals surface area contributed by atoms with Crippen LogP contribution in [-0.2, 0) is 14.3 Å². The molecule has 1 rings (SSSR count). The van der Waals surface area contributed by atoms with E-state index in [1.54, 1.807) is 6.92 Å². The summed E-state index contributed by atoms with van der Waals surface area (Å²) in [7, 11) is 0. The maximum atomic E-state index is 11.3. The molecule has 0 bridgehead atoms. The van der Waals surface area contributed by atoms with Gasteiger partial charge in [0.15, 0.2) is 6.10 Å². The van der Waals surface area contributed by atoms with Crippen molar-refractivity contribution in [2.75, 3.05) is 6.61 Å². The molecule has 0 aliphatic heterocycles. The molecule has 0 amide bonds. The van der Waals surface area contributed by atoms with Crippen molar-refractivity contribution in [2.45, 2.75) is 20.0 Å². The highest BCUT2D eigenvalue weighted by Crippen LogP contribution is 2.00. The van der Waals surface area contributed by atoms with Crippen molar-refractivity contribution in [2.24, 2.45) is 0 Å². The van der Waals surface area contributed by atoms with Gasteiger partial charge in [-0.25, -0.2) is 14.6 Å². The summed E-state index contributed by atoms with van der Waals surface area (Å²) in [5.74, 6) is -1.19. The van der Waals surface area contributed by atoms with Crippen molar-refractivity contribution in [3.05, 3.63) is 18.2 Å². The third-order valence-corrected chi connectivity index (χ3v) is 1.59. The number of aromatic nitrogens is 2. The number of carbonyl (C=O) groups excluding carboxylic acids is 2. The SMILES string of the molecule is CCOC(=O)C(C)OC(=O)c1ncc[nH]1. The summed E-state index contributed by atoms with van der Waals surface area (Å²) in [5.41, 5.74) is 0. The van der Waals surface area contributed by atoms with Crippen LogP contribution in [0.3, 0.4) is 0 Å². The Kier molecular flexibility index (Phi) is 3.84. The first-order chi connectivity index (χ1) is 7.15. The van der Waals surface area contributed by atoms with Gasteiger partial charge in [-0.3, -0.25) is 0 Å². The van der Waals surface area contributed by atoms with Crippen molar-refractivity contribution in [1.29, 1.82) is 0 Å². The lowest BCUT2D eigenvalue weighted by molar-refractivity contribution is -0.152.